The van der Waals surface area contributed by atoms with Crippen molar-refractivity contribution in [3.63, 3.8) is 0 Å². The predicted octanol–water partition coefficient (Wildman–Crippen LogP) is 6.38. The molecule has 0 bridgehead atoms. The van der Waals surface area contributed by atoms with Gasteiger partial charge in [-0.15, -0.1) is 0 Å². The van der Waals surface area contributed by atoms with Crippen molar-refractivity contribution in [2.75, 3.05) is 5.73 Å². The van der Waals surface area contributed by atoms with Crippen molar-refractivity contribution < 1.29 is 17.9 Å². The van der Waals surface area contributed by atoms with E-state index in [0.717, 1.165) is 32.5 Å². The second kappa shape index (κ2) is 8.12. The summed E-state index contributed by atoms with van der Waals surface area (Å²) < 4.78 is 39.9. The number of aryl methyl sites for hydroxylation is 1. The lowest BCUT2D eigenvalue weighted by molar-refractivity contribution is -0.356. The molecule has 2 aliphatic heterocycles. The molecule has 1 aromatic heterocycles. The molecule has 0 atom stereocenters. The summed E-state index contributed by atoms with van der Waals surface area (Å²) in [7, 11) is 0. The van der Waals surface area contributed by atoms with Crippen LogP contribution >= 0.6 is 0 Å². The summed E-state index contributed by atoms with van der Waals surface area (Å²) in [4.78, 5) is 0. The van der Waals surface area contributed by atoms with E-state index in [1.54, 1.807) is 30.4 Å². The molecule has 0 radical (unpaired) electrons. The number of allylic oxidation sites excluding steroid dienone is 2. The zero-order chi connectivity index (χ0) is 25.0. The molecule has 0 saturated heterocycles. The fourth-order valence-corrected chi connectivity index (χ4v) is 4.70. The summed E-state index contributed by atoms with van der Waals surface area (Å²) in [6.07, 6.45) is 8.46. The molecule has 7 heteroatoms. The summed E-state index contributed by atoms with van der Waals surface area (Å²) in [5, 5.41) is 0. The van der Waals surface area contributed by atoms with Gasteiger partial charge >= 0.3 is 6.97 Å². The van der Waals surface area contributed by atoms with Crippen molar-refractivity contribution >= 4 is 36.6 Å². The number of anilines is 1. The first-order chi connectivity index (χ1) is 16.5. The number of hydrogen-bond donors (Lipinski definition) is 1. The van der Waals surface area contributed by atoms with E-state index in [0.29, 0.717) is 22.8 Å². The first kappa shape index (κ1) is 22.9. The maximum Gasteiger partial charge on any atom is 0.737 e. The molecule has 0 fully saturated rings. The van der Waals surface area contributed by atoms with Crippen molar-refractivity contribution in [3.05, 3.63) is 101 Å². The van der Waals surface area contributed by atoms with Crippen LogP contribution in [0.3, 0.4) is 0 Å². The lowest BCUT2D eigenvalue weighted by Gasteiger charge is -2.32. The third kappa shape index (κ3) is 4.12. The monoisotopic (exact) mass is 471 g/mol. The highest BCUT2D eigenvalue weighted by Crippen LogP contribution is 2.42. The number of aromatic nitrogens is 1. The van der Waals surface area contributed by atoms with Crippen LogP contribution in [-0.2, 0) is 0 Å². The summed E-state index contributed by atoms with van der Waals surface area (Å²) >= 11 is 0. The zero-order valence-corrected chi connectivity index (χ0v) is 20.3. The van der Waals surface area contributed by atoms with Crippen LogP contribution in [0.2, 0.25) is 0 Å². The normalized spacial score (nSPS) is 16.5. The first-order valence-electron chi connectivity index (χ1n) is 11.7. The Hall–Kier alpha value is -3.87. The smallest absolute Gasteiger partial charge is 0.488 e. The summed E-state index contributed by atoms with van der Waals surface area (Å²) in [5.74, 6) is 0.767. The Balaban J connectivity index is 1.58. The van der Waals surface area contributed by atoms with Gasteiger partial charge in [-0.1, -0.05) is 30.3 Å². The third-order valence-corrected chi connectivity index (χ3v) is 6.12. The molecule has 0 spiro atoms. The van der Waals surface area contributed by atoms with Crippen molar-refractivity contribution in [1.29, 1.82) is 0 Å². The van der Waals surface area contributed by atoms with Crippen LogP contribution in [0, 0.1) is 6.92 Å². The Labute approximate surface area is 204 Å². The van der Waals surface area contributed by atoms with Crippen molar-refractivity contribution in [3.8, 4) is 5.75 Å². The second-order valence-corrected chi connectivity index (χ2v) is 9.97. The SMILES string of the molecule is Cc1cc(/C=C/c2ccc(OC(C)(C)C)cc2)n2c1C(c1ccc(N)cc1)=C1C=CC=[N+]1[B-]2(F)F. The second-order valence-electron chi connectivity index (χ2n) is 9.97. The van der Waals surface area contributed by atoms with E-state index < -0.39 is 6.97 Å². The van der Waals surface area contributed by atoms with Crippen molar-refractivity contribution in [1.82, 2.24) is 4.48 Å². The van der Waals surface area contributed by atoms with E-state index in [1.807, 2.05) is 76.2 Å². The standard InChI is InChI=1S/C28H28BF2N3O/c1-19-18-23(14-7-20-8-15-24(16-9-20)35-28(2,3)4)34-27(19)26(21-10-12-22(32)13-11-21)25-6-5-17-33(25)29(34,30)31/h5-18H,32H2,1-4H3/b14-7+. The fourth-order valence-electron chi connectivity index (χ4n) is 4.70. The van der Waals surface area contributed by atoms with Gasteiger partial charge in [0.25, 0.3) is 0 Å². The average Bonchev–Trinajstić information content (AvgIpc) is 3.40. The van der Waals surface area contributed by atoms with Crippen LogP contribution in [0.1, 0.15) is 48.8 Å². The molecular formula is C28H28BF2N3O. The molecule has 4 nitrogen and oxygen atoms in total. The number of hydrogen-bond acceptors (Lipinski definition) is 2. The number of nitrogens with two attached hydrogens (primary N) is 1. The molecule has 3 aromatic rings. The number of nitrogen functional groups attached to an aromatic ring is 1. The highest BCUT2D eigenvalue weighted by Gasteiger charge is 2.53. The quantitative estimate of drug-likeness (QED) is 0.355. The predicted molar refractivity (Wildman–Crippen MR) is 141 cm³/mol. The lowest BCUT2D eigenvalue weighted by atomic mass is 9.85. The Morgan fingerprint density at radius 1 is 1.00 bits per heavy atom. The van der Waals surface area contributed by atoms with Gasteiger partial charge in [0.2, 0.25) is 0 Å². The van der Waals surface area contributed by atoms with Gasteiger partial charge in [0.1, 0.15) is 17.6 Å². The van der Waals surface area contributed by atoms with Crippen LogP contribution in [-0.4, -0.2) is 27.8 Å². The molecule has 0 saturated carbocycles. The van der Waals surface area contributed by atoms with Crippen LogP contribution in [0.4, 0.5) is 14.3 Å². The van der Waals surface area contributed by atoms with E-state index in [9.17, 15) is 0 Å². The summed E-state index contributed by atoms with van der Waals surface area (Å²) in [6, 6.07) is 16.8. The van der Waals surface area contributed by atoms with E-state index in [4.69, 9.17) is 10.5 Å². The molecule has 0 amide bonds. The largest absolute Gasteiger partial charge is 0.737 e. The minimum absolute atomic E-state index is 0.288. The average molecular weight is 471 g/mol. The summed E-state index contributed by atoms with van der Waals surface area (Å²) in [6.45, 7) is 3.79. The van der Waals surface area contributed by atoms with Crippen LogP contribution in [0.15, 0.2) is 72.4 Å². The maximum atomic E-state index is 15.9. The molecule has 35 heavy (non-hydrogen) atoms. The zero-order valence-electron chi connectivity index (χ0n) is 20.3. The van der Waals surface area contributed by atoms with Gasteiger partial charge in [-0.2, -0.15) is 0 Å². The Kier molecular flexibility index (Phi) is 5.31. The number of rotatable bonds is 4. The molecular weight excluding hydrogens is 443 g/mol. The van der Waals surface area contributed by atoms with Crippen LogP contribution in [0.25, 0.3) is 17.7 Å². The van der Waals surface area contributed by atoms with Gasteiger partial charge in [0.05, 0.1) is 5.57 Å². The molecule has 2 aromatic carbocycles. The number of fused-ring (bicyclic) bond motifs is 2. The van der Waals surface area contributed by atoms with Crippen LogP contribution in [0.5, 0.6) is 5.75 Å². The Bertz CT molecular complexity index is 1420. The van der Waals surface area contributed by atoms with E-state index in [1.165, 1.54) is 10.7 Å². The van der Waals surface area contributed by atoms with E-state index in [2.05, 4.69) is 0 Å². The molecule has 0 unspecified atom stereocenters. The molecule has 3 heterocycles. The van der Waals surface area contributed by atoms with Crippen LogP contribution < -0.4 is 10.5 Å². The van der Waals surface area contributed by atoms with Gasteiger partial charge in [0.15, 0.2) is 5.70 Å². The third-order valence-electron chi connectivity index (χ3n) is 6.12. The fraction of sp³-hybridized carbons (Fsp3) is 0.179. The molecule has 178 valence electrons. The molecule has 2 aliphatic rings. The van der Waals surface area contributed by atoms with Gasteiger partial charge in [-0.25, -0.2) is 0 Å². The number of halogens is 2. The minimum Gasteiger partial charge on any atom is -0.488 e. The molecule has 0 aliphatic carbocycles. The van der Waals surface area contributed by atoms with Gasteiger partial charge in [-0.05, 0) is 80.8 Å². The first-order valence-corrected chi connectivity index (χ1v) is 11.7. The van der Waals surface area contributed by atoms with E-state index in [-0.39, 0.29) is 5.60 Å². The van der Waals surface area contributed by atoms with Crippen molar-refractivity contribution in [2.24, 2.45) is 0 Å². The number of nitrogens with zero attached hydrogens (tertiary/aromatic N) is 2. The van der Waals surface area contributed by atoms with Gasteiger partial charge < -0.3 is 28.1 Å². The van der Waals surface area contributed by atoms with Gasteiger partial charge in [0, 0.05) is 29.2 Å². The molecule has 2 N–H and O–H groups in total. The van der Waals surface area contributed by atoms with Gasteiger partial charge in [-0.3, -0.25) is 0 Å². The topological polar surface area (TPSA) is 43.2 Å². The number of ether oxygens (including phenoxy) is 1. The highest BCUT2D eigenvalue weighted by molar-refractivity contribution is 6.58. The maximum absolute atomic E-state index is 15.9. The Morgan fingerprint density at radius 3 is 2.34 bits per heavy atom. The number of benzene rings is 2. The minimum atomic E-state index is -4.06. The Morgan fingerprint density at radius 2 is 1.69 bits per heavy atom. The lowest BCUT2D eigenvalue weighted by Crippen LogP contribution is -2.50. The molecule has 5 rings (SSSR count). The highest BCUT2D eigenvalue weighted by atomic mass is 19.2. The summed E-state index contributed by atoms with van der Waals surface area (Å²) in [5.41, 5.74) is 11.0. The van der Waals surface area contributed by atoms with E-state index >= 15 is 8.63 Å². The van der Waals surface area contributed by atoms with Crippen molar-refractivity contribution in [2.45, 2.75) is 33.3 Å².